The second-order valence-electron chi connectivity index (χ2n) is 4.78. The van der Waals surface area contributed by atoms with Crippen LogP contribution in [0.2, 0.25) is 0 Å². The van der Waals surface area contributed by atoms with Crippen molar-refractivity contribution in [2.24, 2.45) is 17.6 Å². The van der Waals surface area contributed by atoms with Crippen molar-refractivity contribution in [2.45, 2.75) is 20.0 Å². The van der Waals surface area contributed by atoms with E-state index in [0.29, 0.717) is 12.5 Å². The minimum Gasteiger partial charge on any atom is -0.464 e. The molecule has 0 saturated carbocycles. The summed E-state index contributed by atoms with van der Waals surface area (Å²) in [7, 11) is 0. The molecule has 0 aliphatic rings. The molecule has 1 aromatic heterocycles. The second kappa shape index (κ2) is 4.90. The molecule has 0 aliphatic heterocycles. The van der Waals surface area contributed by atoms with E-state index in [2.05, 4.69) is 13.8 Å². The molecule has 3 nitrogen and oxygen atoms in total. The van der Waals surface area contributed by atoms with Crippen LogP contribution in [0.3, 0.4) is 0 Å². The molecule has 0 bridgehead atoms. The molecule has 1 aromatic carbocycles. The highest BCUT2D eigenvalue weighted by Gasteiger charge is 2.25. The van der Waals surface area contributed by atoms with E-state index in [1.54, 1.807) is 6.26 Å². The molecule has 2 aromatic rings. The van der Waals surface area contributed by atoms with Crippen molar-refractivity contribution < 1.29 is 9.52 Å². The Labute approximate surface area is 101 Å². The van der Waals surface area contributed by atoms with E-state index >= 15 is 0 Å². The standard InChI is InChI=1S/C14H19NO2/c1-9(2)11(7-15)14(16)12-8-17-13-6-4-3-5-10(12)13/h3-6,8-9,11,14,16H,7,15H2,1-2H3. The Bertz CT molecular complexity index is 490. The molecule has 17 heavy (non-hydrogen) atoms. The summed E-state index contributed by atoms with van der Waals surface area (Å²) in [5.74, 6) is 0.389. The molecule has 0 spiro atoms. The Kier molecular flexibility index (Phi) is 3.50. The van der Waals surface area contributed by atoms with Crippen molar-refractivity contribution in [1.29, 1.82) is 0 Å². The fourth-order valence-corrected chi connectivity index (χ4v) is 2.22. The molecule has 2 unspecified atom stereocenters. The van der Waals surface area contributed by atoms with Crippen LogP contribution in [-0.2, 0) is 0 Å². The van der Waals surface area contributed by atoms with Gasteiger partial charge in [0, 0.05) is 16.9 Å². The van der Waals surface area contributed by atoms with Gasteiger partial charge in [0.2, 0.25) is 0 Å². The number of para-hydroxylation sites is 1. The van der Waals surface area contributed by atoms with E-state index < -0.39 is 6.10 Å². The van der Waals surface area contributed by atoms with Crippen molar-refractivity contribution in [3.8, 4) is 0 Å². The van der Waals surface area contributed by atoms with Gasteiger partial charge in [-0.25, -0.2) is 0 Å². The summed E-state index contributed by atoms with van der Waals surface area (Å²) in [6, 6.07) is 7.73. The van der Waals surface area contributed by atoms with Gasteiger partial charge in [0.1, 0.15) is 5.58 Å². The largest absolute Gasteiger partial charge is 0.464 e. The van der Waals surface area contributed by atoms with Crippen LogP contribution in [0.1, 0.15) is 25.5 Å². The van der Waals surface area contributed by atoms with Gasteiger partial charge in [-0.3, -0.25) is 0 Å². The molecule has 0 saturated heterocycles. The third-order valence-electron chi connectivity index (χ3n) is 3.36. The van der Waals surface area contributed by atoms with Crippen LogP contribution in [0, 0.1) is 11.8 Å². The van der Waals surface area contributed by atoms with Crippen LogP contribution >= 0.6 is 0 Å². The summed E-state index contributed by atoms with van der Waals surface area (Å²) >= 11 is 0. The first-order valence-corrected chi connectivity index (χ1v) is 5.99. The van der Waals surface area contributed by atoms with Crippen LogP contribution in [0.15, 0.2) is 34.9 Å². The average molecular weight is 233 g/mol. The second-order valence-corrected chi connectivity index (χ2v) is 4.78. The van der Waals surface area contributed by atoms with Crippen molar-refractivity contribution >= 4 is 11.0 Å². The third kappa shape index (κ3) is 2.21. The molecule has 92 valence electrons. The number of benzene rings is 1. The lowest BCUT2D eigenvalue weighted by Gasteiger charge is -2.24. The van der Waals surface area contributed by atoms with Gasteiger partial charge in [-0.1, -0.05) is 32.0 Å². The number of hydrogen-bond donors (Lipinski definition) is 2. The molecule has 3 heteroatoms. The van der Waals surface area contributed by atoms with Crippen molar-refractivity contribution in [1.82, 2.24) is 0 Å². The molecular formula is C14H19NO2. The zero-order valence-corrected chi connectivity index (χ0v) is 10.3. The number of aliphatic hydroxyl groups excluding tert-OH is 1. The summed E-state index contributed by atoms with van der Waals surface area (Å²) in [5, 5.41) is 11.4. The maximum absolute atomic E-state index is 10.4. The molecular weight excluding hydrogens is 214 g/mol. The molecule has 3 N–H and O–H groups in total. The van der Waals surface area contributed by atoms with Crippen LogP contribution in [0.4, 0.5) is 0 Å². The summed E-state index contributed by atoms with van der Waals surface area (Å²) in [6.45, 7) is 4.62. The smallest absolute Gasteiger partial charge is 0.134 e. The number of aliphatic hydroxyl groups is 1. The van der Waals surface area contributed by atoms with Crippen molar-refractivity contribution in [3.05, 3.63) is 36.1 Å². The lowest BCUT2D eigenvalue weighted by atomic mass is 9.86. The average Bonchev–Trinajstić information content (AvgIpc) is 2.72. The summed E-state index contributed by atoms with van der Waals surface area (Å²) in [4.78, 5) is 0. The van der Waals surface area contributed by atoms with Gasteiger partial charge < -0.3 is 15.3 Å². The normalized spacial score (nSPS) is 15.4. The van der Waals surface area contributed by atoms with Crippen molar-refractivity contribution in [2.75, 3.05) is 6.54 Å². The Balaban J connectivity index is 2.39. The molecule has 1 heterocycles. The summed E-state index contributed by atoms with van der Waals surface area (Å²) < 4.78 is 5.44. The van der Waals surface area contributed by atoms with E-state index in [1.165, 1.54) is 0 Å². The Morgan fingerprint density at radius 1 is 1.29 bits per heavy atom. The minimum atomic E-state index is -0.566. The maximum atomic E-state index is 10.4. The van der Waals surface area contributed by atoms with Crippen LogP contribution in [0.5, 0.6) is 0 Å². The fraction of sp³-hybridized carbons (Fsp3) is 0.429. The lowest BCUT2D eigenvalue weighted by molar-refractivity contribution is 0.0866. The first-order valence-electron chi connectivity index (χ1n) is 5.99. The Hall–Kier alpha value is -1.32. The molecule has 0 aliphatic carbocycles. The number of hydrogen-bond acceptors (Lipinski definition) is 3. The van der Waals surface area contributed by atoms with E-state index in [0.717, 1.165) is 16.5 Å². The highest BCUT2D eigenvalue weighted by molar-refractivity contribution is 5.81. The molecule has 0 radical (unpaired) electrons. The molecule has 0 fully saturated rings. The van der Waals surface area contributed by atoms with Crippen LogP contribution in [0.25, 0.3) is 11.0 Å². The lowest BCUT2D eigenvalue weighted by Crippen LogP contribution is -2.26. The predicted molar refractivity (Wildman–Crippen MR) is 68.6 cm³/mol. The number of nitrogens with two attached hydrogens (primary N) is 1. The Morgan fingerprint density at radius 3 is 2.65 bits per heavy atom. The van der Waals surface area contributed by atoms with Gasteiger partial charge >= 0.3 is 0 Å². The third-order valence-corrected chi connectivity index (χ3v) is 3.36. The Morgan fingerprint density at radius 2 is 2.00 bits per heavy atom. The predicted octanol–water partition coefficient (Wildman–Crippen LogP) is 2.70. The fourth-order valence-electron chi connectivity index (χ4n) is 2.22. The van der Waals surface area contributed by atoms with Crippen molar-refractivity contribution in [3.63, 3.8) is 0 Å². The van der Waals surface area contributed by atoms with Gasteiger partial charge in [-0.05, 0) is 18.5 Å². The number of rotatable bonds is 4. The zero-order valence-electron chi connectivity index (χ0n) is 10.3. The number of furan rings is 1. The van der Waals surface area contributed by atoms with Crippen LogP contribution in [-0.4, -0.2) is 11.7 Å². The topological polar surface area (TPSA) is 59.4 Å². The zero-order chi connectivity index (χ0) is 12.4. The van der Waals surface area contributed by atoms with Gasteiger partial charge in [0.15, 0.2) is 0 Å². The quantitative estimate of drug-likeness (QED) is 0.853. The highest BCUT2D eigenvalue weighted by atomic mass is 16.3. The van der Waals surface area contributed by atoms with Gasteiger partial charge in [0.25, 0.3) is 0 Å². The van der Waals surface area contributed by atoms with Gasteiger partial charge in [-0.2, -0.15) is 0 Å². The van der Waals surface area contributed by atoms with Crippen LogP contribution < -0.4 is 5.73 Å². The molecule has 0 amide bonds. The highest BCUT2D eigenvalue weighted by Crippen LogP contribution is 2.33. The molecule has 2 atom stereocenters. The monoisotopic (exact) mass is 233 g/mol. The maximum Gasteiger partial charge on any atom is 0.134 e. The minimum absolute atomic E-state index is 0.0519. The summed E-state index contributed by atoms with van der Waals surface area (Å²) in [6.07, 6.45) is 1.07. The van der Waals surface area contributed by atoms with Gasteiger partial charge in [-0.15, -0.1) is 0 Å². The SMILES string of the molecule is CC(C)C(CN)C(O)c1coc2ccccc12. The van der Waals surface area contributed by atoms with E-state index in [9.17, 15) is 5.11 Å². The first-order chi connectivity index (χ1) is 8.15. The van der Waals surface area contributed by atoms with E-state index in [4.69, 9.17) is 10.2 Å². The number of fused-ring (bicyclic) bond motifs is 1. The summed E-state index contributed by atoms with van der Waals surface area (Å²) in [5.41, 5.74) is 7.38. The van der Waals surface area contributed by atoms with E-state index in [-0.39, 0.29) is 5.92 Å². The molecule has 2 rings (SSSR count). The van der Waals surface area contributed by atoms with Gasteiger partial charge in [0.05, 0.1) is 12.4 Å². The first kappa shape index (κ1) is 12.1. The van der Waals surface area contributed by atoms with E-state index in [1.807, 2.05) is 24.3 Å².